The van der Waals surface area contributed by atoms with E-state index in [-0.39, 0.29) is 37.7 Å². The van der Waals surface area contributed by atoms with Crippen molar-refractivity contribution in [3.8, 4) is 0 Å². The van der Waals surface area contributed by atoms with Crippen LogP contribution in [-0.4, -0.2) is 104 Å². The van der Waals surface area contributed by atoms with Crippen molar-refractivity contribution < 1.29 is 41.0 Å². The second-order valence-electron chi connectivity index (χ2n) is 20.0. The van der Waals surface area contributed by atoms with E-state index in [1.807, 2.05) is 6.07 Å². The second-order valence-corrected chi connectivity index (χ2v) is 23.6. The highest BCUT2D eigenvalue weighted by molar-refractivity contribution is 7.90. The van der Waals surface area contributed by atoms with E-state index in [0.29, 0.717) is 39.4 Å². The first-order chi connectivity index (χ1) is 31.7. The van der Waals surface area contributed by atoms with E-state index >= 15 is 0 Å². The molecule has 3 fully saturated rings. The molecule has 2 saturated heterocycles. The number of hydrogen-bond donors (Lipinski definition) is 2. The zero-order chi connectivity index (χ0) is 47.9. The molecule has 67 heavy (non-hydrogen) atoms. The number of carbonyl (C=O) groups excluding carboxylic acids is 1. The van der Waals surface area contributed by atoms with E-state index in [0.717, 1.165) is 117 Å². The summed E-state index contributed by atoms with van der Waals surface area (Å²) in [5.41, 5.74) is 2.63. The normalized spacial score (nSPS) is 17.0. The Bertz CT molecular complexity index is 2990. The van der Waals surface area contributed by atoms with Gasteiger partial charge in [0.2, 0.25) is 0 Å². The second kappa shape index (κ2) is 18.9. The van der Waals surface area contributed by atoms with E-state index in [2.05, 4.69) is 66.2 Å². The van der Waals surface area contributed by atoms with Gasteiger partial charge in [-0.2, -0.15) is 35.2 Å². The Morgan fingerprint density at radius 3 is 1.48 bits per heavy atom. The maximum atomic E-state index is 13.4. The van der Waals surface area contributed by atoms with Crippen molar-refractivity contribution in [3.63, 3.8) is 0 Å². The summed E-state index contributed by atoms with van der Waals surface area (Å²) in [5.74, 6) is 1.79. The van der Waals surface area contributed by atoms with Crippen LogP contribution in [0, 0.1) is 17.8 Å². The van der Waals surface area contributed by atoms with Crippen LogP contribution in [0.1, 0.15) is 119 Å². The van der Waals surface area contributed by atoms with Gasteiger partial charge >= 0.3 is 5.97 Å². The average molecular weight is 960 g/mol. The molecule has 0 radical (unpaired) electrons. The Morgan fingerprint density at radius 1 is 0.657 bits per heavy atom. The molecule has 4 aromatic heterocycles. The number of ether oxygens (including phenoxy) is 2. The molecule has 0 unspecified atom stereocenters. The molecule has 360 valence electrons. The number of rotatable bonds is 12. The van der Waals surface area contributed by atoms with Gasteiger partial charge in [0.1, 0.15) is 11.6 Å². The first kappa shape index (κ1) is 48.0. The van der Waals surface area contributed by atoms with Gasteiger partial charge in [-0.3, -0.25) is 4.79 Å². The molecule has 1 saturated carbocycles. The van der Waals surface area contributed by atoms with Crippen molar-refractivity contribution in [2.24, 2.45) is 17.8 Å². The Labute approximate surface area is 391 Å². The van der Waals surface area contributed by atoms with Crippen LogP contribution in [0.4, 0.5) is 0 Å². The lowest BCUT2D eigenvalue weighted by atomic mass is 9.85. The fraction of sp³-hybridized carbons (Fsp3) is 0.532. The summed E-state index contributed by atoms with van der Waals surface area (Å²) in [4.78, 5) is 33.3. The number of amides is 1. The van der Waals surface area contributed by atoms with Crippen molar-refractivity contribution in [3.05, 3.63) is 84.0 Å². The first-order valence-electron chi connectivity index (χ1n) is 23.0. The Kier molecular flexibility index (Phi) is 13.6. The Balaban J connectivity index is 0.000000184. The quantitative estimate of drug-likeness (QED) is 0.132. The number of carbonyl (C=O) groups is 2. The van der Waals surface area contributed by atoms with E-state index in [1.54, 1.807) is 18.2 Å². The molecule has 6 aromatic rings. The monoisotopic (exact) mass is 959 g/mol. The van der Waals surface area contributed by atoms with E-state index in [9.17, 15) is 26.4 Å². The van der Waals surface area contributed by atoms with Crippen LogP contribution < -0.4 is 5.32 Å². The third-order valence-electron chi connectivity index (χ3n) is 12.8. The van der Waals surface area contributed by atoms with Gasteiger partial charge < -0.3 is 29.0 Å². The van der Waals surface area contributed by atoms with E-state index < -0.39 is 26.0 Å². The van der Waals surface area contributed by atoms with Crippen LogP contribution in [0.15, 0.2) is 71.0 Å². The van der Waals surface area contributed by atoms with Crippen molar-refractivity contribution in [1.29, 1.82) is 0 Å². The molecule has 0 atom stereocenters. The number of nitrogens with zero attached hydrogens (tertiary/aromatic N) is 8. The highest BCUT2D eigenvalue weighted by atomic mass is 32.2. The summed E-state index contributed by atoms with van der Waals surface area (Å²) in [6.45, 7) is 17.9. The highest BCUT2D eigenvalue weighted by Gasteiger charge is 2.30. The predicted molar refractivity (Wildman–Crippen MR) is 250 cm³/mol. The van der Waals surface area contributed by atoms with Gasteiger partial charge in [0.15, 0.2) is 0 Å². The lowest BCUT2D eigenvalue weighted by Gasteiger charge is -2.26. The maximum Gasteiger partial charge on any atom is 0.338 e. The van der Waals surface area contributed by atoms with Gasteiger partial charge in [-0.1, -0.05) is 48.0 Å². The number of imidazole rings is 2. The number of carboxylic acids is 1. The number of aromatic carboxylic acids is 1. The summed E-state index contributed by atoms with van der Waals surface area (Å²) in [5, 5.41) is 19.6. The molecular weight excluding hydrogens is 899 g/mol. The molecule has 6 heterocycles. The van der Waals surface area contributed by atoms with Crippen LogP contribution in [0.5, 0.6) is 0 Å². The lowest BCUT2D eigenvalue weighted by molar-refractivity contribution is 0.0610. The van der Waals surface area contributed by atoms with Gasteiger partial charge in [0.05, 0.1) is 67.8 Å². The standard InChI is InChI=1S/C26H35N5O4S.C21H26N4O5S/c1-26(2,3)25-29-22-13-21(7-8-23(22)30(25)16-19-9-11-35-12-10-19)36(33,34)31-17-20(15-28-31)24(32)27-14-18-5-4-6-18;1-21(2,3)20-23-17-10-16(31(28,29)25-13-15(11-22-25)19(26)27)4-5-18(17)24(20)12-14-6-8-30-9-7-14/h7-8,13,15,17-19H,4-6,9-12,14,16H2,1-3H3,(H,27,32);4-5,10-11,13-14H,6-9,12H2,1-3H3,(H,26,27). The molecule has 1 aliphatic carbocycles. The maximum absolute atomic E-state index is 13.4. The summed E-state index contributed by atoms with van der Waals surface area (Å²) in [7, 11) is -8.01. The molecule has 0 bridgehead atoms. The van der Waals surface area contributed by atoms with Gasteiger partial charge in [-0.25, -0.2) is 14.8 Å². The Hall–Kier alpha value is -5.44. The highest BCUT2D eigenvalue weighted by Crippen LogP contribution is 2.33. The van der Waals surface area contributed by atoms with Gasteiger partial charge in [-0.05, 0) is 92.7 Å². The molecule has 2 aromatic carbocycles. The largest absolute Gasteiger partial charge is 0.478 e. The van der Waals surface area contributed by atoms with Crippen molar-refractivity contribution in [2.45, 2.75) is 120 Å². The molecule has 3 aliphatic rings. The smallest absolute Gasteiger partial charge is 0.338 e. The molecule has 2 N–H and O–H groups in total. The molecule has 2 aliphatic heterocycles. The minimum Gasteiger partial charge on any atom is -0.478 e. The third-order valence-corrected chi connectivity index (χ3v) is 15.9. The Morgan fingerprint density at radius 2 is 1.09 bits per heavy atom. The summed E-state index contributed by atoms with van der Waals surface area (Å²) in [6, 6.07) is 9.87. The van der Waals surface area contributed by atoms with Crippen LogP contribution in [-0.2, 0) is 53.4 Å². The van der Waals surface area contributed by atoms with Gasteiger partial charge in [0, 0.05) is 56.9 Å². The lowest BCUT2D eigenvalue weighted by Crippen LogP contribution is -2.32. The molecule has 20 heteroatoms. The minimum atomic E-state index is -4.03. The minimum absolute atomic E-state index is 0.0104. The van der Waals surface area contributed by atoms with E-state index in [1.165, 1.54) is 30.9 Å². The third kappa shape index (κ3) is 10.4. The fourth-order valence-electron chi connectivity index (χ4n) is 8.78. The van der Waals surface area contributed by atoms with Crippen LogP contribution in [0.25, 0.3) is 22.1 Å². The zero-order valence-corrected chi connectivity index (χ0v) is 40.6. The number of benzene rings is 2. The predicted octanol–water partition coefficient (Wildman–Crippen LogP) is 6.62. The summed E-state index contributed by atoms with van der Waals surface area (Å²) in [6.07, 6.45) is 12.0. The van der Waals surface area contributed by atoms with Crippen molar-refractivity contribution in [1.82, 2.24) is 42.8 Å². The molecule has 0 spiro atoms. The first-order valence-corrected chi connectivity index (χ1v) is 25.9. The van der Waals surface area contributed by atoms with Gasteiger partial charge in [-0.15, -0.1) is 0 Å². The zero-order valence-electron chi connectivity index (χ0n) is 39.0. The number of carboxylic acid groups (broad SMARTS) is 1. The molecule has 1 amide bonds. The number of hydrogen-bond acceptors (Lipinski definition) is 12. The van der Waals surface area contributed by atoms with Crippen LogP contribution in [0.3, 0.4) is 0 Å². The van der Waals surface area contributed by atoms with Crippen LogP contribution >= 0.6 is 0 Å². The van der Waals surface area contributed by atoms with Gasteiger partial charge in [0.25, 0.3) is 26.0 Å². The molecule has 18 nitrogen and oxygen atoms in total. The van der Waals surface area contributed by atoms with Crippen LogP contribution in [0.2, 0.25) is 0 Å². The number of fused-ring (bicyclic) bond motifs is 2. The molecular formula is C47H61N9O9S2. The summed E-state index contributed by atoms with van der Waals surface area (Å²) >= 11 is 0. The summed E-state index contributed by atoms with van der Waals surface area (Å²) < 4.78 is 69.7. The SMILES string of the molecule is CC(C)(C)c1nc2cc(S(=O)(=O)n3cc(C(=O)NCC4CCC4)cn3)ccc2n1CC1CCOCC1.CC(C)(C)c1nc2cc(S(=O)(=O)n3cc(C(=O)O)cn3)ccc2n1CC1CCOCC1. The molecule has 9 rings (SSSR count). The average Bonchev–Trinajstić information content (AvgIpc) is 4.10. The van der Waals surface area contributed by atoms with E-state index in [4.69, 9.17) is 24.5 Å². The topological polar surface area (TPSA) is 224 Å². The van der Waals surface area contributed by atoms with Crippen molar-refractivity contribution in [2.75, 3.05) is 33.0 Å². The fourth-order valence-corrected chi connectivity index (χ4v) is 11.1. The number of nitrogens with one attached hydrogen (secondary N) is 1. The van der Waals surface area contributed by atoms with Crippen molar-refractivity contribution >= 4 is 54.0 Å². The number of aromatic nitrogens is 8.